The number of aliphatic hydroxyl groups excluding tert-OH is 1. The molecule has 2 aromatic rings. The van der Waals surface area contributed by atoms with Gasteiger partial charge in [0, 0.05) is 58.7 Å². The third kappa shape index (κ3) is 5.74. The molecule has 4 rings (SSSR count). The van der Waals surface area contributed by atoms with Crippen molar-refractivity contribution in [2.75, 3.05) is 75.9 Å². The fourth-order valence-electron chi connectivity index (χ4n) is 4.02. The van der Waals surface area contributed by atoms with Crippen LogP contribution in [-0.2, 0) is 4.74 Å². The lowest BCUT2D eigenvalue weighted by Gasteiger charge is -2.29. The number of likely N-dealkylation sites (tertiary alicyclic amines) is 1. The van der Waals surface area contributed by atoms with Gasteiger partial charge in [-0.15, -0.1) is 0 Å². The summed E-state index contributed by atoms with van der Waals surface area (Å²) in [5.74, 6) is 1.12. The molecule has 2 fully saturated rings. The predicted octanol–water partition coefficient (Wildman–Crippen LogP) is -1.02. The molecule has 11 nitrogen and oxygen atoms in total. The first-order valence-electron chi connectivity index (χ1n) is 11.1. The zero-order valence-electron chi connectivity index (χ0n) is 18.8. The second kappa shape index (κ2) is 10.4. The van der Waals surface area contributed by atoms with Crippen LogP contribution in [0.3, 0.4) is 0 Å². The minimum absolute atomic E-state index is 0.0549. The van der Waals surface area contributed by atoms with E-state index in [0.717, 1.165) is 18.9 Å². The minimum Gasteiger partial charge on any atom is -0.389 e. The number of pyridine rings is 1. The van der Waals surface area contributed by atoms with Crippen LogP contribution < -0.4 is 15.1 Å². The zero-order chi connectivity index (χ0) is 23.3. The highest BCUT2D eigenvalue weighted by atomic mass is 16.5. The summed E-state index contributed by atoms with van der Waals surface area (Å²) >= 11 is 0. The molecule has 33 heavy (non-hydrogen) atoms. The molecule has 2 atom stereocenters. The molecule has 2 saturated heterocycles. The molecule has 3 N–H and O–H groups in total. The molecule has 0 aliphatic carbocycles. The molecular weight excluding hydrogens is 426 g/mol. The van der Waals surface area contributed by atoms with Crippen LogP contribution in [-0.4, -0.2) is 114 Å². The maximum Gasteiger partial charge on any atom is 0.269 e. The lowest BCUT2D eigenvalue weighted by Crippen LogP contribution is -2.51. The first-order chi connectivity index (χ1) is 15.9. The number of carbonyl (C=O) groups is 1. The third-order valence-electron chi connectivity index (χ3n) is 6.06. The highest BCUT2D eigenvalue weighted by Gasteiger charge is 2.44. The average molecular weight is 458 g/mol. The van der Waals surface area contributed by atoms with E-state index < -0.39 is 11.7 Å². The number of aliphatic hydroxyl groups is 2. The van der Waals surface area contributed by atoms with Crippen LogP contribution in [0.5, 0.6) is 0 Å². The van der Waals surface area contributed by atoms with Gasteiger partial charge in [-0.25, -0.2) is 4.98 Å². The summed E-state index contributed by atoms with van der Waals surface area (Å²) in [5.41, 5.74) is -1.15. The van der Waals surface area contributed by atoms with Crippen molar-refractivity contribution in [3.05, 3.63) is 42.4 Å². The van der Waals surface area contributed by atoms with Gasteiger partial charge in [-0.2, -0.15) is 4.98 Å². The predicted molar refractivity (Wildman–Crippen MR) is 122 cm³/mol. The fraction of sp³-hybridized carbons (Fsp3) is 0.545. The first-order valence-corrected chi connectivity index (χ1v) is 11.1. The number of amides is 1. The van der Waals surface area contributed by atoms with E-state index in [1.54, 1.807) is 24.4 Å². The van der Waals surface area contributed by atoms with Gasteiger partial charge >= 0.3 is 0 Å². The van der Waals surface area contributed by atoms with E-state index in [-0.39, 0.29) is 24.7 Å². The van der Waals surface area contributed by atoms with E-state index in [4.69, 9.17) is 4.74 Å². The number of nitrogens with one attached hydrogen (secondary N) is 1. The molecule has 2 aliphatic rings. The molecule has 0 bridgehead atoms. The fourth-order valence-corrected chi connectivity index (χ4v) is 4.02. The zero-order valence-corrected chi connectivity index (χ0v) is 18.8. The topological polar surface area (TPSA) is 127 Å². The summed E-state index contributed by atoms with van der Waals surface area (Å²) in [6, 6.07) is 6.95. The van der Waals surface area contributed by atoms with E-state index in [9.17, 15) is 15.0 Å². The number of morpholine rings is 1. The van der Waals surface area contributed by atoms with Gasteiger partial charge in [-0.3, -0.25) is 14.7 Å². The third-order valence-corrected chi connectivity index (χ3v) is 6.06. The minimum atomic E-state index is -1.42. The van der Waals surface area contributed by atoms with Crippen molar-refractivity contribution >= 4 is 17.7 Å². The van der Waals surface area contributed by atoms with Crippen molar-refractivity contribution in [2.24, 2.45) is 0 Å². The maximum atomic E-state index is 12.2. The van der Waals surface area contributed by atoms with Gasteiger partial charge in [-0.1, -0.05) is 6.07 Å². The Morgan fingerprint density at radius 3 is 2.85 bits per heavy atom. The average Bonchev–Trinajstić information content (AvgIpc) is 3.15. The van der Waals surface area contributed by atoms with Crippen LogP contribution >= 0.6 is 0 Å². The van der Waals surface area contributed by atoms with E-state index in [2.05, 4.69) is 25.2 Å². The van der Waals surface area contributed by atoms with E-state index in [1.165, 1.54) is 6.20 Å². The molecule has 178 valence electrons. The molecule has 0 radical (unpaired) electrons. The number of β-amino-alcohol motifs (C(OH)–C–C–N with tert-alkyl or cyclic N) is 2. The first kappa shape index (κ1) is 23.3. The summed E-state index contributed by atoms with van der Waals surface area (Å²) in [7, 11) is 1.92. The number of anilines is 2. The highest BCUT2D eigenvalue weighted by molar-refractivity contribution is 5.92. The number of nitrogens with zero attached hydrogens (tertiary/aromatic N) is 6. The molecular formula is C22H31N7O4. The van der Waals surface area contributed by atoms with Gasteiger partial charge < -0.3 is 30.1 Å². The van der Waals surface area contributed by atoms with Crippen LogP contribution in [0.25, 0.3) is 0 Å². The van der Waals surface area contributed by atoms with Gasteiger partial charge in [0.15, 0.2) is 0 Å². The smallest absolute Gasteiger partial charge is 0.269 e. The van der Waals surface area contributed by atoms with Gasteiger partial charge in [-0.05, 0) is 18.2 Å². The summed E-state index contributed by atoms with van der Waals surface area (Å²) in [6.45, 7) is 4.74. The lowest BCUT2D eigenvalue weighted by atomic mass is 10.0. The normalized spacial score (nSPS) is 23.5. The Bertz CT molecular complexity index is 928. The summed E-state index contributed by atoms with van der Waals surface area (Å²) in [6.07, 6.45) is 2.33. The van der Waals surface area contributed by atoms with E-state index in [0.29, 0.717) is 38.8 Å². The Balaban J connectivity index is 1.28. The van der Waals surface area contributed by atoms with Gasteiger partial charge in [0.25, 0.3) is 5.91 Å². The van der Waals surface area contributed by atoms with Crippen LogP contribution in [0.1, 0.15) is 10.5 Å². The van der Waals surface area contributed by atoms with Crippen molar-refractivity contribution in [2.45, 2.75) is 11.7 Å². The van der Waals surface area contributed by atoms with Crippen LogP contribution in [0.2, 0.25) is 0 Å². The summed E-state index contributed by atoms with van der Waals surface area (Å²) in [5, 5.41) is 24.0. The Morgan fingerprint density at radius 2 is 2.09 bits per heavy atom. The summed E-state index contributed by atoms with van der Waals surface area (Å²) < 4.78 is 5.40. The number of rotatable bonds is 8. The largest absolute Gasteiger partial charge is 0.389 e. The molecule has 0 spiro atoms. The van der Waals surface area contributed by atoms with Crippen molar-refractivity contribution in [1.82, 2.24) is 25.2 Å². The molecule has 0 unspecified atom stereocenters. The van der Waals surface area contributed by atoms with Gasteiger partial charge in [0.2, 0.25) is 5.95 Å². The number of ether oxygens (including phenoxy) is 1. The van der Waals surface area contributed by atoms with Crippen LogP contribution in [0.4, 0.5) is 11.8 Å². The van der Waals surface area contributed by atoms with Gasteiger partial charge in [0.1, 0.15) is 17.1 Å². The second-order valence-electron chi connectivity index (χ2n) is 8.49. The number of hydrogen-bond donors (Lipinski definition) is 3. The van der Waals surface area contributed by atoms with Gasteiger partial charge in [0.05, 0.1) is 25.9 Å². The van der Waals surface area contributed by atoms with Crippen molar-refractivity contribution in [1.29, 1.82) is 0 Å². The quantitative estimate of drug-likeness (QED) is 0.453. The second-order valence-corrected chi connectivity index (χ2v) is 8.49. The number of hydrogen-bond acceptors (Lipinski definition) is 10. The van der Waals surface area contributed by atoms with Crippen molar-refractivity contribution in [3.63, 3.8) is 0 Å². The van der Waals surface area contributed by atoms with E-state index in [1.807, 2.05) is 22.9 Å². The Hall–Kier alpha value is -2.86. The summed E-state index contributed by atoms with van der Waals surface area (Å²) in [4.78, 5) is 31.4. The Labute approximate surface area is 193 Å². The number of carbonyl (C=O) groups excluding carboxylic acids is 1. The molecule has 1 amide bonds. The molecule has 4 heterocycles. The Kier molecular flexibility index (Phi) is 7.33. The molecule has 2 aromatic heterocycles. The standard InChI is InChI=1S/C22H31N7O4/c1-27(21-24-7-5-19(26-21)29-10-12-33-13-11-29)8-9-28-14-18(30)22(32,16-28)15-25-20(31)17-4-2-3-6-23-17/h2-7,18,30,32H,8-16H2,1H3,(H,25,31)/t18-,22+/m1/s1. The Morgan fingerprint density at radius 1 is 1.27 bits per heavy atom. The number of aromatic nitrogens is 3. The monoisotopic (exact) mass is 457 g/mol. The van der Waals surface area contributed by atoms with Crippen LogP contribution in [0, 0.1) is 0 Å². The molecule has 0 saturated carbocycles. The number of likely N-dealkylation sites (N-methyl/N-ethyl adjacent to an activating group) is 1. The maximum absolute atomic E-state index is 12.2. The molecule has 11 heteroatoms. The van der Waals surface area contributed by atoms with Crippen LogP contribution in [0.15, 0.2) is 36.7 Å². The lowest BCUT2D eigenvalue weighted by molar-refractivity contribution is -0.0376. The highest BCUT2D eigenvalue weighted by Crippen LogP contribution is 2.22. The van der Waals surface area contributed by atoms with E-state index >= 15 is 0 Å². The van der Waals surface area contributed by atoms with Crippen molar-refractivity contribution in [3.8, 4) is 0 Å². The van der Waals surface area contributed by atoms with Crippen molar-refractivity contribution < 1.29 is 19.7 Å². The molecule has 0 aromatic carbocycles. The molecule has 2 aliphatic heterocycles. The SMILES string of the molecule is CN(CCN1C[C@@H](O)[C@](O)(CNC(=O)c2ccccn2)C1)c1nccc(N2CCOCC2)n1.